The Hall–Kier alpha value is -1.33. The number of rotatable bonds is 8. The quantitative estimate of drug-likeness (QED) is 0.728. The average Bonchev–Trinajstić information content (AvgIpc) is 2.84. The van der Waals surface area contributed by atoms with Crippen LogP contribution < -0.4 is 5.32 Å². The minimum Gasteiger partial charge on any atom is -0.396 e. The molecule has 0 saturated carbocycles. The van der Waals surface area contributed by atoms with Gasteiger partial charge in [0.15, 0.2) is 0 Å². The van der Waals surface area contributed by atoms with Gasteiger partial charge in [-0.2, -0.15) is 0 Å². The maximum atomic E-state index is 12.1. The first-order valence-electron chi connectivity index (χ1n) is 6.28. The summed E-state index contributed by atoms with van der Waals surface area (Å²) in [5.41, 5.74) is 0.628. The summed E-state index contributed by atoms with van der Waals surface area (Å²) in [6.45, 7) is 3.31. The van der Waals surface area contributed by atoms with Crippen molar-refractivity contribution < 1.29 is 14.6 Å². The molecule has 2 N–H and O–H groups in total. The summed E-state index contributed by atoms with van der Waals surface area (Å²) < 4.78 is 6.87. The van der Waals surface area contributed by atoms with Crippen LogP contribution in [0.3, 0.4) is 0 Å². The fourth-order valence-corrected chi connectivity index (χ4v) is 1.80. The smallest absolute Gasteiger partial charge is 0.268 e. The predicted octanol–water partition coefficient (Wildman–Crippen LogP) is 1.03. The molecule has 0 bridgehead atoms. The van der Waals surface area contributed by atoms with Gasteiger partial charge in [0.05, 0.1) is 6.61 Å². The number of methoxy groups -OCH3 is 1. The molecule has 1 aromatic rings. The molecule has 0 aliphatic carbocycles. The number of carbonyl (C=O) groups is 1. The summed E-state index contributed by atoms with van der Waals surface area (Å²) in [6, 6.07) is 3.65. The zero-order chi connectivity index (χ0) is 13.4. The number of hydrogen-bond acceptors (Lipinski definition) is 3. The lowest BCUT2D eigenvalue weighted by molar-refractivity contribution is 0.0917. The molecule has 102 valence electrons. The van der Waals surface area contributed by atoms with Gasteiger partial charge in [0.1, 0.15) is 5.69 Å². The number of aliphatic hydroxyl groups excluding tert-OH is 1. The van der Waals surface area contributed by atoms with Crippen molar-refractivity contribution in [3.8, 4) is 0 Å². The van der Waals surface area contributed by atoms with Gasteiger partial charge in [-0.3, -0.25) is 4.79 Å². The van der Waals surface area contributed by atoms with E-state index in [4.69, 9.17) is 9.84 Å². The molecule has 1 amide bonds. The Labute approximate surface area is 108 Å². The molecular weight excluding hydrogens is 232 g/mol. The van der Waals surface area contributed by atoms with Gasteiger partial charge in [-0.25, -0.2) is 0 Å². The third kappa shape index (κ3) is 4.16. The van der Waals surface area contributed by atoms with Crippen LogP contribution in [-0.2, 0) is 11.3 Å². The van der Waals surface area contributed by atoms with Crippen LogP contribution in [0.25, 0.3) is 0 Å². The number of aromatic nitrogens is 1. The number of nitrogens with one attached hydrogen (secondary N) is 1. The van der Waals surface area contributed by atoms with E-state index in [2.05, 4.69) is 5.32 Å². The Balaban J connectivity index is 2.62. The normalized spacial score (nSPS) is 12.4. The lowest BCUT2D eigenvalue weighted by atomic mass is 10.1. The highest BCUT2D eigenvalue weighted by Gasteiger charge is 2.14. The van der Waals surface area contributed by atoms with Crippen molar-refractivity contribution >= 4 is 5.91 Å². The minimum atomic E-state index is -0.101. The monoisotopic (exact) mass is 254 g/mol. The van der Waals surface area contributed by atoms with E-state index in [1.54, 1.807) is 13.2 Å². The lowest BCUT2D eigenvalue weighted by Gasteiger charge is -2.16. The maximum Gasteiger partial charge on any atom is 0.268 e. The van der Waals surface area contributed by atoms with Crippen LogP contribution in [0.15, 0.2) is 18.3 Å². The van der Waals surface area contributed by atoms with Gasteiger partial charge >= 0.3 is 0 Å². The summed E-state index contributed by atoms with van der Waals surface area (Å²) in [6.07, 6.45) is 3.26. The number of amides is 1. The molecule has 0 saturated heterocycles. The van der Waals surface area contributed by atoms with Crippen LogP contribution in [0.2, 0.25) is 0 Å². The average molecular weight is 254 g/mol. The molecule has 1 rings (SSSR count). The Morgan fingerprint density at radius 1 is 1.61 bits per heavy atom. The first-order valence-corrected chi connectivity index (χ1v) is 6.28. The molecule has 18 heavy (non-hydrogen) atoms. The van der Waals surface area contributed by atoms with Crippen molar-refractivity contribution in [1.82, 2.24) is 9.88 Å². The Morgan fingerprint density at radius 2 is 2.39 bits per heavy atom. The second-order valence-electron chi connectivity index (χ2n) is 4.17. The molecule has 1 unspecified atom stereocenters. The first-order chi connectivity index (χ1) is 8.72. The first kappa shape index (κ1) is 14.7. The van der Waals surface area contributed by atoms with E-state index in [-0.39, 0.29) is 18.6 Å². The number of ether oxygens (including phenoxy) is 1. The van der Waals surface area contributed by atoms with E-state index < -0.39 is 0 Å². The Morgan fingerprint density at radius 3 is 3.00 bits per heavy atom. The van der Waals surface area contributed by atoms with Gasteiger partial charge in [-0.1, -0.05) is 6.92 Å². The standard InChI is InChI=1S/C13H22N2O3/c1-3-11(6-9-16)14-13(17)12-5-4-7-15(12)8-10-18-2/h4-5,7,11,16H,3,6,8-10H2,1-2H3,(H,14,17). The SMILES string of the molecule is CCC(CCO)NC(=O)c1cccn1CCOC. The van der Waals surface area contributed by atoms with Gasteiger partial charge in [0, 0.05) is 32.5 Å². The van der Waals surface area contributed by atoms with E-state index in [1.165, 1.54) is 0 Å². The molecule has 5 nitrogen and oxygen atoms in total. The van der Waals surface area contributed by atoms with Crippen molar-refractivity contribution in [3.63, 3.8) is 0 Å². The molecule has 0 spiro atoms. The highest BCUT2D eigenvalue weighted by molar-refractivity contribution is 5.92. The van der Waals surface area contributed by atoms with E-state index in [9.17, 15) is 4.79 Å². The van der Waals surface area contributed by atoms with Crippen LogP contribution in [0, 0.1) is 0 Å². The van der Waals surface area contributed by atoms with Gasteiger partial charge < -0.3 is 19.7 Å². The molecule has 0 radical (unpaired) electrons. The Bertz CT molecular complexity index is 363. The summed E-state index contributed by atoms with van der Waals surface area (Å²) >= 11 is 0. The van der Waals surface area contributed by atoms with Crippen molar-refractivity contribution in [3.05, 3.63) is 24.0 Å². The summed E-state index contributed by atoms with van der Waals surface area (Å²) in [4.78, 5) is 12.1. The maximum absolute atomic E-state index is 12.1. The summed E-state index contributed by atoms with van der Waals surface area (Å²) in [5, 5.41) is 11.8. The largest absolute Gasteiger partial charge is 0.396 e. The lowest BCUT2D eigenvalue weighted by Crippen LogP contribution is -2.36. The number of hydrogen-bond donors (Lipinski definition) is 2. The second-order valence-corrected chi connectivity index (χ2v) is 4.17. The molecule has 0 aliphatic heterocycles. The van der Waals surface area contributed by atoms with Gasteiger partial charge in [-0.15, -0.1) is 0 Å². The highest BCUT2D eigenvalue weighted by atomic mass is 16.5. The van der Waals surface area contributed by atoms with Crippen molar-refractivity contribution in [2.24, 2.45) is 0 Å². The van der Waals surface area contributed by atoms with Crippen LogP contribution in [0.5, 0.6) is 0 Å². The minimum absolute atomic E-state index is 0.0216. The van der Waals surface area contributed by atoms with E-state index >= 15 is 0 Å². The molecule has 0 aliphatic rings. The number of carbonyl (C=O) groups excluding carboxylic acids is 1. The number of aliphatic hydroxyl groups is 1. The molecule has 1 aromatic heterocycles. The van der Waals surface area contributed by atoms with Gasteiger partial charge in [0.2, 0.25) is 0 Å². The van der Waals surface area contributed by atoms with E-state index in [1.807, 2.05) is 23.8 Å². The topological polar surface area (TPSA) is 63.5 Å². The molecule has 1 atom stereocenters. The fraction of sp³-hybridized carbons (Fsp3) is 0.615. The van der Waals surface area contributed by atoms with Crippen LogP contribution in [0.4, 0.5) is 0 Å². The predicted molar refractivity (Wildman–Crippen MR) is 69.6 cm³/mol. The molecule has 5 heteroatoms. The molecule has 0 fully saturated rings. The molecule has 1 heterocycles. The number of nitrogens with zero attached hydrogens (tertiary/aromatic N) is 1. The zero-order valence-electron chi connectivity index (χ0n) is 11.1. The fourth-order valence-electron chi connectivity index (χ4n) is 1.80. The summed E-state index contributed by atoms with van der Waals surface area (Å²) in [5.74, 6) is -0.101. The van der Waals surface area contributed by atoms with Crippen molar-refractivity contribution in [2.75, 3.05) is 20.3 Å². The molecular formula is C13H22N2O3. The van der Waals surface area contributed by atoms with E-state index in [0.29, 0.717) is 25.3 Å². The third-order valence-corrected chi connectivity index (χ3v) is 2.90. The second kappa shape index (κ2) is 7.89. The van der Waals surface area contributed by atoms with Crippen LogP contribution in [-0.4, -0.2) is 41.9 Å². The summed E-state index contributed by atoms with van der Waals surface area (Å²) in [7, 11) is 1.64. The zero-order valence-corrected chi connectivity index (χ0v) is 11.1. The van der Waals surface area contributed by atoms with Gasteiger partial charge in [-0.05, 0) is 25.0 Å². The highest BCUT2D eigenvalue weighted by Crippen LogP contribution is 2.05. The Kier molecular flexibility index (Phi) is 6.46. The van der Waals surface area contributed by atoms with Crippen molar-refractivity contribution in [1.29, 1.82) is 0 Å². The molecule has 0 aromatic carbocycles. The van der Waals surface area contributed by atoms with Crippen LogP contribution in [0.1, 0.15) is 30.3 Å². The van der Waals surface area contributed by atoms with Crippen molar-refractivity contribution in [2.45, 2.75) is 32.4 Å². The van der Waals surface area contributed by atoms with Crippen LogP contribution >= 0.6 is 0 Å². The van der Waals surface area contributed by atoms with Gasteiger partial charge in [0.25, 0.3) is 5.91 Å². The van der Waals surface area contributed by atoms with E-state index in [0.717, 1.165) is 6.42 Å². The third-order valence-electron chi connectivity index (χ3n) is 2.90.